The molecule has 2 aromatic rings. The Bertz CT molecular complexity index is 751. The molecular weight excluding hydrogens is 380 g/mol. The van der Waals surface area contributed by atoms with Crippen molar-refractivity contribution < 1.29 is 9.18 Å². The molecule has 0 aromatic heterocycles. The zero-order chi connectivity index (χ0) is 15.1. The molecule has 6 heteroatoms. The summed E-state index contributed by atoms with van der Waals surface area (Å²) in [6.45, 7) is 0. The van der Waals surface area contributed by atoms with Crippen LogP contribution in [0.2, 0.25) is 5.02 Å². The second-order valence-electron chi connectivity index (χ2n) is 4.78. The van der Waals surface area contributed by atoms with Crippen molar-refractivity contribution in [3.05, 3.63) is 62.3 Å². The number of benzene rings is 2. The number of hydrogen-bond acceptors (Lipinski definition) is 1. The molecule has 1 N–H and O–H groups in total. The summed E-state index contributed by atoms with van der Waals surface area (Å²) < 4.78 is 14.7. The van der Waals surface area contributed by atoms with E-state index in [-0.39, 0.29) is 12.3 Å². The van der Waals surface area contributed by atoms with Gasteiger partial charge in [0.1, 0.15) is 5.82 Å². The number of alkyl halides is 1. The van der Waals surface area contributed by atoms with E-state index < -0.39 is 11.2 Å². The van der Waals surface area contributed by atoms with Gasteiger partial charge in [0, 0.05) is 20.7 Å². The Hall–Kier alpha value is -1.10. The van der Waals surface area contributed by atoms with Crippen LogP contribution in [0.5, 0.6) is 0 Å². The Morgan fingerprint density at radius 2 is 2.00 bits per heavy atom. The van der Waals surface area contributed by atoms with Crippen LogP contribution in [-0.4, -0.2) is 5.91 Å². The van der Waals surface area contributed by atoms with Gasteiger partial charge in [0.05, 0.1) is 11.8 Å². The smallest absolute Gasteiger partial charge is 0.228 e. The molecule has 0 bridgehead atoms. The summed E-state index contributed by atoms with van der Waals surface area (Å²) >= 11 is 15.9. The predicted octanol–water partition coefficient (Wildman–Crippen LogP) is 5.06. The van der Waals surface area contributed by atoms with Gasteiger partial charge in [-0.3, -0.25) is 4.79 Å². The number of halogens is 4. The van der Waals surface area contributed by atoms with Crippen LogP contribution in [-0.2, 0) is 11.2 Å². The highest BCUT2D eigenvalue weighted by Gasteiger charge is 2.24. The van der Waals surface area contributed by atoms with E-state index in [0.29, 0.717) is 21.8 Å². The molecule has 0 fully saturated rings. The minimum atomic E-state index is -0.726. The van der Waals surface area contributed by atoms with Gasteiger partial charge in [-0.15, -0.1) is 11.6 Å². The van der Waals surface area contributed by atoms with E-state index in [1.54, 1.807) is 24.3 Å². The molecule has 108 valence electrons. The molecule has 0 spiro atoms. The summed E-state index contributed by atoms with van der Waals surface area (Å²) in [5.74, 6) is -0.484. The lowest BCUT2D eigenvalue weighted by Crippen LogP contribution is -2.03. The largest absolute Gasteiger partial charge is 0.325 e. The van der Waals surface area contributed by atoms with E-state index in [1.807, 2.05) is 0 Å². The normalized spacial score (nSPS) is 14.8. The van der Waals surface area contributed by atoms with Crippen molar-refractivity contribution in [2.24, 2.45) is 0 Å². The SMILES string of the molecule is O=C1Cc2cc(C(Cl)c3cc(Br)ccc3F)c(Cl)cc2N1. The fourth-order valence-electron chi connectivity index (χ4n) is 2.34. The Labute approximate surface area is 139 Å². The summed E-state index contributed by atoms with van der Waals surface area (Å²) in [4.78, 5) is 11.4. The van der Waals surface area contributed by atoms with Gasteiger partial charge in [-0.25, -0.2) is 4.39 Å². The van der Waals surface area contributed by atoms with Crippen molar-refractivity contribution in [1.29, 1.82) is 0 Å². The maximum Gasteiger partial charge on any atom is 0.228 e. The molecule has 1 aliphatic heterocycles. The van der Waals surface area contributed by atoms with Crippen molar-refractivity contribution >= 4 is 50.7 Å². The average molecular weight is 389 g/mol. The van der Waals surface area contributed by atoms with E-state index in [4.69, 9.17) is 23.2 Å². The fraction of sp³-hybridized carbons (Fsp3) is 0.133. The summed E-state index contributed by atoms with van der Waals surface area (Å²) in [6, 6.07) is 7.99. The van der Waals surface area contributed by atoms with Crippen molar-refractivity contribution in [1.82, 2.24) is 0 Å². The summed E-state index contributed by atoms with van der Waals surface area (Å²) in [5, 5.41) is 2.39. The van der Waals surface area contributed by atoms with E-state index in [0.717, 1.165) is 10.0 Å². The average Bonchev–Trinajstić information content (AvgIpc) is 2.79. The predicted molar refractivity (Wildman–Crippen MR) is 85.6 cm³/mol. The summed E-state index contributed by atoms with van der Waals surface area (Å²) in [6.07, 6.45) is 0.282. The third-order valence-corrected chi connectivity index (χ3v) is 4.64. The number of fused-ring (bicyclic) bond motifs is 1. The first kappa shape index (κ1) is 14.8. The third-order valence-electron chi connectivity index (χ3n) is 3.35. The molecule has 1 unspecified atom stereocenters. The molecule has 1 atom stereocenters. The molecule has 1 aliphatic rings. The van der Waals surface area contributed by atoms with Crippen molar-refractivity contribution in [2.45, 2.75) is 11.8 Å². The van der Waals surface area contributed by atoms with Gasteiger partial charge in [0.25, 0.3) is 0 Å². The maximum atomic E-state index is 14.0. The van der Waals surface area contributed by atoms with E-state index in [2.05, 4.69) is 21.2 Å². The monoisotopic (exact) mass is 387 g/mol. The maximum absolute atomic E-state index is 14.0. The topological polar surface area (TPSA) is 29.1 Å². The number of amides is 1. The number of hydrogen-bond donors (Lipinski definition) is 1. The molecule has 0 radical (unpaired) electrons. The van der Waals surface area contributed by atoms with Crippen LogP contribution < -0.4 is 5.32 Å². The van der Waals surface area contributed by atoms with E-state index in [9.17, 15) is 9.18 Å². The zero-order valence-corrected chi connectivity index (χ0v) is 13.7. The third kappa shape index (κ3) is 2.80. The number of carbonyl (C=O) groups is 1. The first-order valence-corrected chi connectivity index (χ1v) is 7.77. The summed E-state index contributed by atoms with van der Waals surface area (Å²) in [5.41, 5.74) is 2.43. The van der Waals surface area contributed by atoms with Crippen LogP contribution in [0.15, 0.2) is 34.8 Å². The molecule has 21 heavy (non-hydrogen) atoms. The molecule has 0 saturated carbocycles. The molecule has 2 aromatic carbocycles. The first-order chi connectivity index (χ1) is 9.95. The van der Waals surface area contributed by atoms with Crippen molar-refractivity contribution in [3.63, 3.8) is 0 Å². The van der Waals surface area contributed by atoms with Crippen LogP contribution in [0.3, 0.4) is 0 Å². The first-order valence-electron chi connectivity index (χ1n) is 6.17. The Morgan fingerprint density at radius 3 is 2.76 bits per heavy atom. The highest BCUT2D eigenvalue weighted by atomic mass is 79.9. The van der Waals surface area contributed by atoms with Crippen LogP contribution in [0.1, 0.15) is 22.1 Å². The minimum Gasteiger partial charge on any atom is -0.325 e. The lowest BCUT2D eigenvalue weighted by molar-refractivity contribution is -0.115. The lowest BCUT2D eigenvalue weighted by atomic mass is 10.0. The molecule has 0 saturated heterocycles. The Kier molecular flexibility index (Phi) is 3.95. The van der Waals surface area contributed by atoms with Crippen LogP contribution in [0.25, 0.3) is 0 Å². The van der Waals surface area contributed by atoms with Gasteiger partial charge >= 0.3 is 0 Å². The van der Waals surface area contributed by atoms with Crippen LogP contribution in [0, 0.1) is 5.82 Å². The molecule has 3 rings (SSSR count). The molecular formula is C15H9BrCl2FNO. The molecule has 0 aliphatic carbocycles. The minimum absolute atomic E-state index is 0.0852. The van der Waals surface area contributed by atoms with Gasteiger partial charge in [0.2, 0.25) is 5.91 Å². The molecule has 1 heterocycles. The highest BCUT2D eigenvalue weighted by molar-refractivity contribution is 9.10. The van der Waals surface area contributed by atoms with E-state index >= 15 is 0 Å². The van der Waals surface area contributed by atoms with Crippen molar-refractivity contribution in [3.8, 4) is 0 Å². The van der Waals surface area contributed by atoms with Gasteiger partial charge < -0.3 is 5.32 Å². The number of rotatable bonds is 2. The van der Waals surface area contributed by atoms with Gasteiger partial charge in [-0.05, 0) is 41.5 Å². The number of anilines is 1. The zero-order valence-electron chi connectivity index (χ0n) is 10.6. The molecule has 1 amide bonds. The number of nitrogens with one attached hydrogen (secondary N) is 1. The van der Waals surface area contributed by atoms with Crippen molar-refractivity contribution in [2.75, 3.05) is 5.32 Å². The second kappa shape index (κ2) is 5.59. The Morgan fingerprint density at radius 1 is 1.24 bits per heavy atom. The lowest BCUT2D eigenvalue weighted by Gasteiger charge is -2.15. The summed E-state index contributed by atoms with van der Waals surface area (Å²) in [7, 11) is 0. The van der Waals surface area contributed by atoms with E-state index in [1.165, 1.54) is 6.07 Å². The number of carbonyl (C=O) groups excluding carboxylic acids is 1. The van der Waals surface area contributed by atoms with Crippen LogP contribution in [0.4, 0.5) is 10.1 Å². The van der Waals surface area contributed by atoms with Gasteiger partial charge in [-0.2, -0.15) is 0 Å². The van der Waals surface area contributed by atoms with Crippen LogP contribution >= 0.6 is 39.1 Å². The molecule has 2 nitrogen and oxygen atoms in total. The van der Waals surface area contributed by atoms with Gasteiger partial charge in [0.15, 0.2) is 0 Å². The standard InChI is InChI=1S/C15H9BrCl2FNO/c16-8-1-2-12(19)10(5-8)15(18)9-3-7-4-14(21)20-13(7)6-11(9)17/h1-3,5-6,15H,4H2,(H,20,21). The fourth-order valence-corrected chi connectivity index (χ4v) is 3.39. The second-order valence-corrected chi connectivity index (χ2v) is 6.54. The highest BCUT2D eigenvalue weighted by Crippen LogP contribution is 2.39. The quantitative estimate of drug-likeness (QED) is 0.715. The Balaban J connectivity index is 2.06. The van der Waals surface area contributed by atoms with Gasteiger partial charge in [-0.1, -0.05) is 27.5 Å².